The Hall–Kier alpha value is -2.62. The number of rotatable bonds is 4. The van der Waals surface area contributed by atoms with Crippen molar-refractivity contribution in [2.45, 2.75) is 25.6 Å². The average molecular weight is 353 g/mol. The lowest BCUT2D eigenvalue weighted by molar-refractivity contribution is -0.137. The van der Waals surface area contributed by atoms with Gasteiger partial charge in [0.2, 0.25) is 5.89 Å². The van der Waals surface area contributed by atoms with Crippen molar-refractivity contribution in [2.24, 2.45) is 0 Å². The predicted molar refractivity (Wildman–Crippen MR) is 81.1 cm³/mol. The van der Waals surface area contributed by atoms with Crippen LogP contribution >= 0.6 is 0 Å². The van der Waals surface area contributed by atoms with E-state index in [1.54, 1.807) is 0 Å². The Morgan fingerprint density at radius 1 is 1.08 bits per heavy atom. The number of fused-ring (bicyclic) bond motifs is 1. The van der Waals surface area contributed by atoms with Crippen molar-refractivity contribution in [2.75, 3.05) is 18.4 Å². The minimum atomic E-state index is -4.43. The summed E-state index contributed by atoms with van der Waals surface area (Å²) in [6.45, 7) is 2.56. The van der Waals surface area contributed by atoms with Crippen LogP contribution in [0.3, 0.4) is 0 Å². The van der Waals surface area contributed by atoms with Gasteiger partial charge in [-0.25, -0.2) is 0 Å². The van der Waals surface area contributed by atoms with E-state index in [0.29, 0.717) is 12.4 Å². The number of halogens is 3. The maximum absolute atomic E-state index is 12.7. The quantitative estimate of drug-likeness (QED) is 0.768. The first-order valence-electron chi connectivity index (χ1n) is 7.77. The summed E-state index contributed by atoms with van der Waals surface area (Å²) in [6, 6.07) is 3.17. The Balaban J connectivity index is 1.49. The number of hydrogen-bond acceptors (Lipinski definition) is 7. The van der Waals surface area contributed by atoms with E-state index in [1.165, 1.54) is 6.07 Å². The summed E-state index contributed by atoms with van der Waals surface area (Å²) in [5, 5.41) is 10.5. The molecule has 1 saturated heterocycles. The smallest absolute Gasteiger partial charge is 0.416 e. The zero-order valence-electron chi connectivity index (χ0n) is 13.0. The monoisotopic (exact) mass is 353 g/mol. The third kappa shape index (κ3) is 3.43. The number of aromatic nitrogens is 3. The zero-order chi connectivity index (χ0) is 17.4. The van der Waals surface area contributed by atoms with Crippen LogP contribution in [-0.4, -0.2) is 33.2 Å². The molecule has 3 aromatic rings. The fourth-order valence-electron chi connectivity index (χ4n) is 2.75. The molecule has 3 heterocycles. The highest BCUT2D eigenvalue weighted by Gasteiger charge is 2.31. The standard InChI is InChI=1S/C15H14F3N5O2/c16-15(17,18)9-3-4-11-10(7-9)19-13(24-11)20-14-22-21-12(25-14)8-23-5-1-2-6-23/h3-4,7H,1-2,5-6,8H2,(H,19,20,22). The van der Waals surface area contributed by atoms with E-state index in [0.717, 1.165) is 38.1 Å². The molecule has 0 aliphatic carbocycles. The van der Waals surface area contributed by atoms with E-state index in [2.05, 4.69) is 25.4 Å². The zero-order valence-corrected chi connectivity index (χ0v) is 13.0. The molecule has 0 unspecified atom stereocenters. The molecule has 2 aromatic heterocycles. The number of likely N-dealkylation sites (tertiary alicyclic amines) is 1. The fraction of sp³-hybridized carbons (Fsp3) is 0.400. The molecule has 132 valence electrons. The Morgan fingerprint density at radius 3 is 2.64 bits per heavy atom. The van der Waals surface area contributed by atoms with E-state index in [-0.39, 0.29) is 23.1 Å². The van der Waals surface area contributed by atoms with E-state index in [9.17, 15) is 13.2 Å². The highest BCUT2D eigenvalue weighted by atomic mass is 19.4. The van der Waals surface area contributed by atoms with Crippen molar-refractivity contribution in [3.05, 3.63) is 29.7 Å². The number of hydrogen-bond donors (Lipinski definition) is 1. The molecule has 1 N–H and O–H groups in total. The highest BCUT2D eigenvalue weighted by molar-refractivity contribution is 5.75. The van der Waals surface area contributed by atoms with Crippen LogP contribution in [0.4, 0.5) is 25.2 Å². The van der Waals surface area contributed by atoms with Crippen LogP contribution in [0, 0.1) is 0 Å². The van der Waals surface area contributed by atoms with Crippen molar-refractivity contribution in [3.8, 4) is 0 Å². The molecule has 1 aliphatic heterocycles. The summed E-state index contributed by atoms with van der Waals surface area (Å²) in [5.41, 5.74) is -0.466. The third-order valence-electron chi connectivity index (χ3n) is 3.95. The van der Waals surface area contributed by atoms with Gasteiger partial charge in [0.25, 0.3) is 0 Å². The number of oxazole rings is 1. The molecular weight excluding hydrogens is 339 g/mol. The van der Waals surface area contributed by atoms with Crippen LogP contribution < -0.4 is 5.32 Å². The summed E-state index contributed by atoms with van der Waals surface area (Å²) in [7, 11) is 0. The highest BCUT2D eigenvalue weighted by Crippen LogP contribution is 2.32. The van der Waals surface area contributed by atoms with Crippen molar-refractivity contribution < 1.29 is 22.0 Å². The van der Waals surface area contributed by atoms with Gasteiger partial charge in [-0.05, 0) is 44.1 Å². The van der Waals surface area contributed by atoms with Crippen molar-refractivity contribution in [3.63, 3.8) is 0 Å². The van der Waals surface area contributed by atoms with Crippen molar-refractivity contribution >= 4 is 23.1 Å². The van der Waals surface area contributed by atoms with Crippen molar-refractivity contribution in [1.29, 1.82) is 0 Å². The average Bonchev–Trinajstić information content (AvgIpc) is 3.27. The normalized spacial score (nSPS) is 16.0. The molecule has 4 rings (SSSR count). The first kappa shape index (κ1) is 15.9. The lowest BCUT2D eigenvalue weighted by Gasteiger charge is -2.10. The topological polar surface area (TPSA) is 80.2 Å². The van der Waals surface area contributed by atoms with Crippen LogP contribution in [0.1, 0.15) is 24.3 Å². The van der Waals surface area contributed by atoms with Gasteiger partial charge in [0, 0.05) is 0 Å². The molecule has 1 fully saturated rings. The molecule has 0 atom stereocenters. The SMILES string of the molecule is FC(F)(F)c1ccc2oc(Nc3nnc(CN4CCCC4)o3)nc2c1. The van der Waals surface area contributed by atoms with E-state index in [4.69, 9.17) is 8.83 Å². The van der Waals surface area contributed by atoms with E-state index < -0.39 is 11.7 Å². The molecule has 0 bridgehead atoms. The van der Waals surface area contributed by atoms with Gasteiger partial charge in [-0.2, -0.15) is 18.2 Å². The molecule has 10 heteroatoms. The number of anilines is 2. The summed E-state index contributed by atoms with van der Waals surface area (Å²) in [4.78, 5) is 6.18. The lowest BCUT2D eigenvalue weighted by Crippen LogP contribution is -2.18. The van der Waals surface area contributed by atoms with E-state index >= 15 is 0 Å². The number of nitrogens with one attached hydrogen (secondary N) is 1. The summed E-state index contributed by atoms with van der Waals surface area (Å²) < 4.78 is 49.0. The van der Waals surface area contributed by atoms with Gasteiger partial charge in [0.1, 0.15) is 5.52 Å². The molecule has 7 nitrogen and oxygen atoms in total. The van der Waals surface area contributed by atoms with Gasteiger partial charge in [-0.3, -0.25) is 10.2 Å². The second-order valence-corrected chi connectivity index (χ2v) is 5.81. The molecule has 1 aromatic carbocycles. The minimum Gasteiger partial charge on any atom is -0.423 e. The van der Waals surface area contributed by atoms with Crippen LogP contribution in [0.5, 0.6) is 0 Å². The predicted octanol–water partition coefficient (Wildman–Crippen LogP) is 3.57. The maximum Gasteiger partial charge on any atom is 0.416 e. The largest absolute Gasteiger partial charge is 0.423 e. The number of benzene rings is 1. The second kappa shape index (κ2) is 6.03. The van der Waals surface area contributed by atoms with Crippen molar-refractivity contribution in [1.82, 2.24) is 20.1 Å². The Labute approximate surface area is 139 Å². The van der Waals surface area contributed by atoms with Gasteiger partial charge < -0.3 is 8.83 Å². The lowest BCUT2D eigenvalue weighted by atomic mass is 10.2. The van der Waals surface area contributed by atoms with Gasteiger partial charge in [-0.15, -0.1) is 5.10 Å². The third-order valence-corrected chi connectivity index (χ3v) is 3.95. The minimum absolute atomic E-state index is 0.00861. The van der Waals surface area contributed by atoms with Crippen LogP contribution in [0.15, 0.2) is 27.0 Å². The molecule has 25 heavy (non-hydrogen) atoms. The molecular formula is C15H14F3N5O2. The molecule has 1 aliphatic rings. The summed E-state index contributed by atoms with van der Waals surface area (Å²) >= 11 is 0. The van der Waals surface area contributed by atoms with Crippen LogP contribution in [0.25, 0.3) is 11.1 Å². The number of nitrogens with zero attached hydrogens (tertiary/aromatic N) is 4. The molecule has 0 spiro atoms. The van der Waals surface area contributed by atoms with Gasteiger partial charge >= 0.3 is 18.2 Å². The Morgan fingerprint density at radius 2 is 1.88 bits per heavy atom. The van der Waals surface area contributed by atoms with Gasteiger partial charge in [0.05, 0.1) is 12.1 Å². The molecule has 0 radical (unpaired) electrons. The number of alkyl halides is 3. The second-order valence-electron chi connectivity index (χ2n) is 5.81. The summed E-state index contributed by atoms with van der Waals surface area (Å²) in [5.74, 6) is 0.458. The van der Waals surface area contributed by atoms with Crippen LogP contribution in [-0.2, 0) is 12.7 Å². The maximum atomic E-state index is 12.7. The Kier molecular flexibility index (Phi) is 3.83. The van der Waals surface area contributed by atoms with Gasteiger partial charge in [0.15, 0.2) is 5.58 Å². The molecule has 0 saturated carbocycles. The van der Waals surface area contributed by atoms with E-state index in [1.807, 2.05) is 0 Å². The Bertz CT molecular complexity index is 883. The first-order chi connectivity index (χ1) is 12.0. The molecule has 0 amide bonds. The first-order valence-corrected chi connectivity index (χ1v) is 7.77. The van der Waals surface area contributed by atoms with Crippen LogP contribution in [0.2, 0.25) is 0 Å². The fourth-order valence-corrected chi connectivity index (χ4v) is 2.75. The summed E-state index contributed by atoms with van der Waals surface area (Å²) in [6.07, 6.45) is -2.12. The van der Waals surface area contributed by atoms with Gasteiger partial charge in [-0.1, -0.05) is 5.10 Å².